The zero-order chi connectivity index (χ0) is 11.6. The first-order chi connectivity index (χ1) is 6.37. The quantitative estimate of drug-likeness (QED) is 0.574. The van der Waals surface area contributed by atoms with Gasteiger partial charge < -0.3 is 0 Å². The summed E-state index contributed by atoms with van der Waals surface area (Å²) in [5.41, 5.74) is 0.552. The molecule has 0 aliphatic heterocycles. The molecule has 0 amide bonds. The van der Waals surface area contributed by atoms with Crippen LogP contribution in [0.25, 0.3) is 0 Å². The van der Waals surface area contributed by atoms with Crippen LogP contribution in [-0.2, 0) is 0 Å². The molecule has 0 bridgehead atoms. The molecule has 0 nitrogen and oxygen atoms in total. The van der Waals surface area contributed by atoms with Gasteiger partial charge in [0.1, 0.15) is 0 Å². The minimum atomic E-state index is 0.552. The van der Waals surface area contributed by atoms with Crippen molar-refractivity contribution >= 4 is 9.24 Å². The highest BCUT2D eigenvalue weighted by molar-refractivity contribution is 7.16. The van der Waals surface area contributed by atoms with Crippen molar-refractivity contribution in [1.29, 1.82) is 0 Å². The Bertz CT molecular complexity index is 98.3. The molecule has 0 rings (SSSR count). The van der Waals surface area contributed by atoms with Gasteiger partial charge in [-0.25, -0.2) is 0 Å². The molecule has 0 aliphatic rings. The molecule has 0 spiro atoms. The number of hydrogen-bond acceptors (Lipinski definition) is 0. The van der Waals surface area contributed by atoms with Crippen LogP contribution in [0.5, 0.6) is 0 Å². The van der Waals surface area contributed by atoms with Crippen LogP contribution in [0, 0.1) is 11.3 Å². The van der Waals surface area contributed by atoms with E-state index in [1.807, 2.05) is 0 Å². The first-order valence-corrected chi connectivity index (χ1v) is 6.89. The molecule has 0 aromatic heterocycles. The van der Waals surface area contributed by atoms with Gasteiger partial charge in [0.25, 0.3) is 0 Å². The Kier molecular flexibility index (Phi) is 12.0. The maximum absolute atomic E-state index is 2.74. The maximum atomic E-state index is 2.74. The van der Waals surface area contributed by atoms with Crippen LogP contribution in [0.4, 0.5) is 0 Å². The molecule has 0 heterocycles. The van der Waals surface area contributed by atoms with Crippen molar-refractivity contribution in [3.05, 3.63) is 0 Å². The SMILES string of the molecule is CCC(C)CP.CCCCC(C)(C)C. The lowest BCUT2D eigenvalue weighted by Crippen LogP contribution is -2.03. The van der Waals surface area contributed by atoms with E-state index in [1.165, 1.54) is 31.8 Å². The molecular formula is C13H31P. The standard InChI is InChI=1S/C8H18.C5H13P/c1-5-6-7-8(2,3)4;1-3-5(2)4-6/h5-7H2,1-4H3;5H,3-4,6H2,1-2H3. The van der Waals surface area contributed by atoms with E-state index in [-0.39, 0.29) is 0 Å². The first kappa shape index (κ1) is 16.8. The van der Waals surface area contributed by atoms with Crippen molar-refractivity contribution in [2.24, 2.45) is 11.3 Å². The van der Waals surface area contributed by atoms with Gasteiger partial charge >= 0.3 is 0 Å². The van der Waals surface area contributed by atoms with E-state index in [2.05, 4.69) is 50.8 Å². The highest BCUT2D eigenvalue weighted by Gasteiger charge is 2.07. The Morgan fingerprint density at radius 1 is 1.14 bits per heavy atom. The minimum absolute atomic E-state index is 0.552. The van der Waals surface area contributed by atoms with Crippen LogP contribution >= 0.6 is 9.24 Å². The predicted octanol–water partition coefficient (Wildman–Crippen LogP) is 5.13. The molecule has 0 fully saturated rings. The average molecular weight is 218 g/mol. The van der Waals surface area contributed by atoms with Gasteiger partial charge in [-0.2, -0.15) is 0 Å². The van der Waals surface area contributed by atoms with Crippen molar-refractivity contribution < 1.29 is 0 Å². The highest BCUT2D eigenvalue weighted by Crippen LogP contribution is 2.20. The van der Waals surface area contributed by atoms with Crippen LogP contribution in [0.2, 0.25) is 0 Å². The summed E-state index contributed by atoms with van der Waals surface area (Å²) >= 11 is 0. The Morgan fingerprint density at radius 2 is 1.64 bits per heavy atom. The zero-order valence-electron chi connectivity index (χ0n) is 11.2. The summed E-state index contributed by atoms with van der Waals surface area (Å²) in [6, 6.07) is 0. The van der Waals surface area contributed by atoms with E-state index < -0.39 is 0 Å². The Morgan fingerprint density at radius 3 is 1.71 bits per heavy atom. The summed E-state index contributed by atoms with van der Waals surface area (Å²) in [7, 11) is 2.74. The van der Waals surface area contributed by atoms with Crippen LogP contribution in [0.3, 0.4) is 0 Å². The van der Waals surface area contributed by atoms with Gasteiger partial charge in [0.05, 0.1) is 0 Å². The smallest absolute Gasteiger partial charge is 0.0355 e. The van der Waals surface area contributed by atoms with E-state index in [0.29, 0.717) is 5.41 Å². The van der Waals surface area contributed by atoms with Crippen molar-refractivity contribution in [2.45, 2.75) is 67.2 Å². The number of rotatable bonds is 4. The van der Waals surface area contributed by atoms with Gasteiger partial charge in [0.15, 0.2) is 0 Å². The summed E-state index contributed by atoms with van der Waals surface area (Å²) < 4.78 is 0. The summed E-state index contributed by atoms with van der Waals surface area (Å²) in [6.07, 6.45) is 6.63. The van der Waals surface area contributed by atoms with E-state index in [1.54, 1.807) is 0 Å². The van der Waals surface area contributed by atoms with Crippen molar-refractivity contribution in [3.63, 3.8) is 0 Å². The summed E-state index contributed by atoms with van der Waals surface area (Å²) in [5, 5.41) is 0. The van der Waals surface area contributed by atoms with E-state index in [4.69, 9.17) is 0 Å². The van der Waals surface area contributed by atoms with E-state index in [0.717, 1.165) is 5.92 Å². The lowest BCUT2D eigenvalue weighted by atomic mass is 9.90. The molecule has 0 saturated heterocycles. The van der Waals surface area contributed by atoms with Crippen molar-refractivity contribution in [1.82, 2.24) is 0 Å². The molecule has 2 unspecified atom stereocenters. The normalized spacial score (nSPS) is 13.1. The Hall–Kier alpha value is 0.430. The van der Waals surface area contributed by atoms with Gasteiger partial charge in [-0.1, -0.05) is 60.8 Å². The summed E-state index contributed by atoms with van der Waals surface area (Å²) in [4.78, 5) is 0. The fraction of sp³-hybridized carbons (Fsp3) is 1.00. The fourth-order valence-electron chi connectivity index (χ4n) is 0.874. The van der Waals surface area contributed by atoms with E-state index >= 15 is 0 Å². The second kappa shape index (κ2) is 9.97. The molecular weight excluding hydrogens is 187 g/mol. The maximum Gasteiger partial charge on any atom is -0.0355 e. The van der Waals surface area contributed by atoms with Crippen LogP contribution in [0.1, 0.15) is 67.2 Å². The number of hydrogen-bond donors (Lipinski definition) is 0. The molecule has 0 radical (unpaired) electrons. The molecule has 1 heteroatoms. The van der Waals surface area contributed by atoms with Gasteiger partial charge in [-0.3, -0.25) is 0 Å². The highest BCUT2D eigenvalue weighted by atomic mass is 31.0. The molecule has 88 valence electrons. The predicted molar refractivity (Wildman–Crippen MR) is 73.0 cm³/mol. The van der Waals surface area contributed by atoms with Gasteiger partial charge in [0.2, 0.25) is 0 Å². The Labute approximate surface area is 94.5 Å². The third-order valence-corrected chi connectivity index (χ3v) is 3.18. The first-order valence-electron chi connectivity index (χ1n) is 6.07. The minimum Gasteiger partial charge on any atom is -0.137 e. The van der Waals surface area contributed by atoms with Gasteiger partial charge in [-0.05, 0) is 23.9 Å². The second-order valence-electron chi connectivity index (χ2n) is 5.41. The average Bonchev–Trinajstić information content (AvgIpc) is 2.13. The molecule has 0 aromatic carbocycles. The van der Waals surface area contributed by atoms with Crippen LogP contribution in [0.15, 0.2) is 0 Å². The summed E-state index contributed by atoms with van der Waals surface area (Å²) in [5.74, 6) is 0.898. The Balaban J connectivity index is 0. The molecule has 2 atom stereocenters. The van der Waals surface area contributed by atoms with Gasteiger partial charge in [-0.15, -0.1) is 9.24 Å². The fourth-order valence-corrected chi connectivity index (χ4v) is 1.21. The second-order valence-corrected chi connectivity index (χ2v) is 5.88. The monoisotopic (exact) mass is 218 g/mol. The molecule has 0 aliphatic carbocycles. The molecule has 0 N–H and O–H groups in total. The lowest BCUT2D eigenvalue weighted by Gasteiger charge is -2.16. The van der Waals surface area contributed by atoms with Crippen LogP contribution in [-0.4, -0.2) is 6.16 Å². The van der Waals surface area contributed by atoms with Crippen LogP contribution < -0.4 is 0 Å². The van der Waals surface area contributed by atoms with Crippen molar-refractivity contribution in [2.75, 3.05) is 6.16 Å². The largest absolute Gasteiger partial charge is 0.137 e. The topological polar surface area (TPSA) is 0 Å². The zero-order valence-corrected chi connectivity index (χ0v) is 12.3. The number of unbranched alkanes of at least 4 members (excludes halogenated alkanes) is 1. The third-order valence-electron chi connectivity index (χ3n) is 2.38. The molecule has 14 heavy (non-hydrogen) atoms. The lowest BCUT2D eigenvalue weighted by molar-refractivity contribution is 0.363. The third kappa shape index (κ3) is 18.3. The van der Waals surface area contributed by atoms with E-state index in [9.17, 15) is 0 Å². The molecule has 0 saturated carbocycles. The molecule has 0 aromatic rings. The summed E-state index contributed by atoms with van der Waals surface area (Å²) in [6.45, 7) is 13.6. The van der Waals surface area contributed by atoms with Gasteiger partial charge in [0, 0.05) is 0 Å². The van der Waals surface area contributed by atoms with Crippen molar-refractivity contribution in [3.8, 4) is 0 Å².